The van der Waals surface area contributed by atoms with Crippen LogP contribution in [0.3, 0.4) is 0 Å². The summed E-state index contributed by atoms with van der Waals surface area (Å²) in [7, 11) is 1.48. The number of nitrogens with one attached hydrogen (secondary N) is 1. The molecule has 0 aliphatic rings. The van der Waals surface area contributed by atoms with E-state index in [1.54, 1.807) is 0 Å². The second kappa shape index (κ2) is 5.84. The van der Waals surface area contributed by atoms with Crippen LogP contribution in [0.15, 0.2) is 0 Å². The lowest BCUT2D eigenvalue weighted by Gasteiger charge is -2.35. The third-order valence-electron chi connectivity index (χ3n) is 2.43. The predicted molar refractivity (Wildman–Crippen MR) is 56.7 cm³/mol. The third-order valence-corrected chi connectivity index (χ3v) is 2.43. The molecular weight excluding hydrogens is 221 g/mol. The molecule has 0 amide bonds. The standard InChI is InChI=1S/C10H21F3N2O/c1-9(2,3)8(16-4)7(15-14)5-6-10(11,12)13/h7-8,15H,5-6,14H2,1-4H3. The van der Waals surface area contributed by atoms with E-state index < -0.39 is 18.6 Å². The molecule has 0 bridgehead atoms. The first-order chi connectivity index (χ1) is 7.11. The fraction of sp³-hybridized carbons (Fsp3) is 1.00. The van der Waals surface area contributed by atoms with E-state index in [2.05, 4.69) is 5.43 Å². The van der Waals surface area contributed by atoms with Crippen molar-refractivity contribution >= 4 is 0 Å². The van der Waals surface area contributed by atoms with Gasteiger partial charge in [0.25, 0.3) is 0 Å². The fourth-order valence-electron chi connectivity index (χ4n) is 1.76. The maximum absolute atomic E-state index is 12.1. The molecule has 0 aliphatic heterocycles. The van der Waals surface area contributed by atoms with Crippen molar-refractivity contribution in [1.82, 2.24) is 5.43 Å². The first-order valence-electron chi connectivity index (χ1n) is 5.17. The van der Waals surface area contributed by atoms with Gasteiger partial charge in [0.05, 0.1) is 6.10 Å². The van der Waals surface area contributed by atoms with E-state index >= 15 is 0 Å². The molecule has 0 aromatic carbocycles. The number of hydrogen-bond donors (Lipinski definition) is 2. The summed E-state index contributed by atoms with van der Waals surface area (Å²) in [6, 6.07) is -0.508. The molecule has 0 spiro atoms. The summed E-state index contributed by atoms with van der Waals surface area (Å²) in [5.41, 5.74) is 2.14. The van der Waals surface area contributed by atoms with Gasteiger partial charge in [-0.1, -0.05) is 20.8 Å². The summed E-state index contributed by atoms with van der Waals surface area (Å²) >= 11 is 0. The molecule has 3 N–H and O–H groups in total. The molecule has 0 aliphatic carbocycles. The second-order valence-electron chi connectivity index (χ2n) is 4.95. The van der Waals surface area contributed by atoms with Gasteiger partial charge in [0, 0.05) is 19.6 Å². The summed E-state index contributed by atoms with van der Waals surface area (Å²) in [5.74, 6) is 5.28. The minimum atomic E-state index is -4.16. The second-order valence-corrected chi connectivity index (χ2v) is 4.95. The van der Waals surface area contributed by atoms with Crippen molar-refractivity contribution in [3.8, 4) is 0 Å². The van der Waals surface area contributed by atoms with Gasteiger partial charge in [-0.2, -0.15) is 13.2 Å². The van der Waals surface area contributed by atoms with Crippen molar-refractivity contribution in [1.29, 1.82) is 0 Å². The Bertz CT molecular complexity index is 201. The van der Waals surface area contributed by atoms with Gasteiger partial charge in [-0.3, -0.25) is 11.3 Å². The largest absolute Gasteiger partial charge is 0.389 e. The van der Waals surface area contributed by atoms with Crippen LogP contribution >= 0.6 is 0 Å². The van der Waals surface area contributed by atoms with Gasteiger partial charge >= 0.3 is 6.18 Å². The van der Waals surface area contributed by atoms with Gasteiger partial charge in [-0.05, 0) is 11.8 Å². The van der Waals surface area contributed by atoms with Crippen LogP contribution < -0.4 is 11.3 Å². The fourth-order valence-corrected chi connectivity index (χ4v) is 1.76. The van der Waals surface area contributed by atoms with Crippen molar-refractivity contribution in [3.63, 3.8) is 0 Å². The molecule has 0 radical (unpaired) electrons. The first kappa shape index (κ1) is 15.7. The molecular formula is C10H21F3N2O. The van der Waals surface area contributed by atoms with E-state index in [4.69, 9.17) is 10.6 Å². The van der Waals surface area contributed by atoms with E-state index in [0.717, 1.165) is 0 Å². The smallest absolute Gasteiger partial charge is 0.379 e. The quantitative estimate of drug-likeness (QED) is 0.574. The van der Waals surface area contributed by atoms with Crippen LogP contribution in [0.25, 0.3) is 0 Å². The topological polar surface area (TPSA) is 47.3 Å². The van der Waals surface area contributed by atoms with Crippen LogP contribution in [0.4, 0.5) is 13.2 Å². The summed E-state index contributed by atoms with van der Waals surface area (Å²) in [4.78, 5) is 0. The van der Waals surface area contributed by atoms with E-state index in [-0.39, 0.29) is 17.9 Å². The maximum Gasteiger partial charge on any atom is 0.389 e. The van der Waals surface area contributed by atoms with Gasteiger partial charge in [0.2, 0.25) is 0 Å². The van der Waals surface area contributed by atoms with Gasteiger partial charge in [0.1, 0.15) is 0 Å². The molecule has 2 unspecified atom stereocenters. The van der Waals surface area contributed by atoms with Gasteiger partial charge in [-0.25, -0.2) is 0 Å². The number of hydrazine groups is 1. The number of alkyl halides is 3. The zero-order valence-corrected chi connectivity index (χ0v) is 10.2. The summed E-state index contributed by atoms with van der Waals surface area (Å²) < 4.78 is 41.5. The van der Waals surface area contributed by atoms with Crippen molar-refractivity contribution in [2.45, 2.75) is 51.9 Å². The highest BCUT2D eigenvalue weighted by molar-refractivity contribution is 4.85. The normalized spacial score (nSPS) is 17.2. The molecule has 6 heteroatoms. The zero-order valence-electron chi connectivity index (χ0n) is 10.2. The Morgan fingerprint density at radius 3 is 2.00 bits per heavy atom. The summed E-state index contributed by atoms with van der Waals surface area (Å²) in [6.07, 6.45) is -5.47. The van der Waals surface area contributed by atoms with Crippen molar-refractivity contribution in [2.75, 3.05) is 7.11 Å². The molecule has 0 rings (SSSR count). The average molecular weight is 242 g/mol. The molecule has 0 heterocycles. The van der Waals surface area contributed by atoms with E-state index in [0.29, 0.717) is 0 Å². The molecule has 0 saturated carbocycles. The van der Waals surface area contributed by atoms with Gasteiger partial charge < -0.3 is 4.74 Å². The zero-order chi connectivity index (χ0) is 13.0. The minimum Gasteiger partial charge on any atom is -0.379 e. The molecule has 98 valence electrons. The van der Waals surface area contributed by atoms with Gasteiger partial charge in [-0.15, -0.1) is 0 Å². The Morgan fingerprint density at radius 1 is 1.25 bits per heavy atom. The lowest BCUT2D eigenvalue weighted by Crippen LogP contribution is -2.50. The van der Waals surface area contributed by atoms with Crippen molar-refractivity contribution < 1.29 is 17.9 Å². The average Bonchev–Trinajstić information content (AvgIpc) is 2.08. The van der Waals surface area contributed by atoms with E-state index in [1.165, 1.54) is 7.11 Å². The van der Waals surface area contributed by atoms with Crippen LogP contribution in [0.2, 0.25) is 0 Å². The Hall–Kier alpha value is -0.330. The number of halogens is 3. The Morgan fingerprint density at radius 2 is 1.75 bits per heavy atom. The highest BCUT2D eigenvalue weighted by Gasteiger charge is 2.35. The van der Waals surface area contributed by atoms with Gasteiger partial charge in [0.15, 0.2) is 0 Å². The monoisotopic (exact) mass is 242 g/mol. The van der Waals surface area contributed by atoms with Crippen LogP contribution in [0.5, 0.6) is 0 Å². The van der Waals surface area contributed by atoms with Crippen LogP contribution in [0, 0.1) is 5.41 Å². The van der Waals surface area contributed by atoms with Crippen molar-refractivity contribution in [2.24, 2.45) is 11.3 Å². The molecule has 0 aromatic rings. The number of rotatable bonds is 5. The molecule has 3 nitrogen and oxygen atoms in total. The van der Waals surface area contributed by atoms with E-state index in [1.807, 2.05) is 20.8 Å². The Balaban J connectivity index is 4.46. The molecule has 0 aromatic heterocycles. The van der Waals surface area contributed by atoms with Crippen LogP contribution in [-0.4, -0.2) is 25.4 Å². The minimum absolute atomic E-state index is 0.0875. The lowest BCUT2D eigenvalue weighted by atomic mass is 9.83. The number of hydrogen-bond acceptors (Lipinski definition) is 3. The van der Waals surface area contributed by atoms with Crippen LogP contribution in [-0.2, 0) is 4.74 Å². The van der Waals surface area contributed by atoms with E-state index in [9.17, 15) is 13.2 Å². The SMILES string of the molecule is COC(C(CCC(F)(F)F)NN)C(C)(C)C. The first-order valence-corrected chi connectivity index (χ1v) is 5.17. The molecule has 0 fully saturated rings. The number of ether oxygens (including phenoxy) is 1. The lowest BCUT2D eigenvalue weighted by molar-refractivity contribution is -0.139. The molecule has 0 saturated heterocycles. The molecule has 2 atom stereocenters. The number of nitrogens with two attached hydrogens (primary N) is 1. The van der Waals surface area contributed by atoms with Crippen molar-refractivity contribution in [3.05, 3.63) is 0 Å². The predicted octanol–water partition coefficient (Wildman–Crippen LogP) is 2.22. The Kier molecular flexibility index (Phi) is 5.72. The summed E-state index contributed by atoms with van der Waals surface area (Å²) in [5, 5.41) is 0. The number of methoxy groups -OCH3 is 1. The highest BCUT2D eigenvalue weighted by Crippen LogP contribution is 2.29. The van der Waals surface area contributed by atoms with Crippen LogP contribution in [0.1, 0.15) is 33.6 Å². The molecule has 16 heavy (non-hydrogen) atoms. The Labute approximate surface area is 94.5 Å². The maximum atomic E-state index is 12.1. The third kappa shape index (κ3) is 5.67. The summed E-state index contributed by atoms with van der Waals surface area (Å²) in [6.45, 7) is 5.71. The highest BCUT2D eigenvalue weighted by atomic mass is 19.4.